The number of ether oxygens (including phenoxy) is 1. The summed E-state index contributed by atoms with van der Waals surface area (Å²) in [5.41, 5.74) is 0.716. The van der Waals surface area contributed by atoms with Gasteiger partial charge in [-0.15, -0.1) is 0 Å². The van der Waals surface area contributed by atoms with E-state index in [9.17, 15) is 9.59 Å². The second-order valence-electron chi connectivity index (χ2n) is 4.84. The molecule has 0 unspecified atom stereocenters. The van der Waals surface area contributed by atoms with Crippen molar-refractivity contribution in [3.63, 3.8) is 0 Å². The van der Waals surface area contributed by atoms with Gasteiger partial charge in [-0.05, 0) is 11.5 Å². The normalized spacial score (nSPS) is 10.6. The van der Waals surface area contributed by atoms with Crippen LogP contribution in [-0.4, -0.2) is 18.5 Å². The van der Waals surface area contributed by atoms with Gasteiger partial charge >= 0.3 is 5.97 Å². The zero-order chi connectivity index (χ0) is 14.5. The average Bonchev–Trinajstić information content (AvgIpc) is 2.45. The van der Waals surface area contributed by atoms with Crippen LogP contribution in [0.25, 0.3) is 10.8 Å². The molecule has 4 nitrogen and oxygen atoms in total. The molecule has 0 aliphatic carbocycles. The van der Waals surface area contributed by atoms with Crippen LogP contribution in [0.4, 0.5) is 5.69 Å². The summed E-state index contributed by atoms with van der Waals surface area (Å²) in [6, 6.07) is 13.4. The van der Waals surface area contributed by atoms with Crippen molar-refractivity contribution in [2.24, 2.45) is 5.92 Å². The summed E-state index contributed by atoms with van der Waals surface area (Å²) in [6.07, 6.45) is 0. The lowest BCUT2D eigenvalue weighted by Crippen LogP contribution is -2.22. The van der Waals surface area contributed by atoms with Gasteiger partial charge in [-0.1, -0.05) is 50.2 Å². The van der Waals surface area contributed by atoms with E-state index in [2.05, 4.69) is 5.32 Å². The summed E-state index contributed by atoms with van der Waals surface area (Å²) in [6.45, 7) is 3.19. The number of hydrogen-bond acceptors (Lipinski definition) is 3. The van der Waals surface area contributed by atoms with E-state index >= 15 is 0 Å². The van der Waals surface area contributed by atoms with E-state index in [1.54, 1.807) is 13.8 Å². The number of carbonyl (C=O) groups excluding carboxylic acids is 2. The van der Waals surface area contributed by atoms with Crippen LogP contribution in [0.1, 0.15) is 13.8 Å². The van der Waals surface area contributed by atoms with Gasteiger partial charge < -0.3 is 10.1 Å². The Morgan fingerprint density at radius 1 is 1.10 bits per heavy atom. The fourth-order valence-electron chi connectivity index (χ4n) is 1.82. The molecule has 0 heterocycles. The first kappa shape index (κ1) is 14.1. The molecule has 1 N–H and O–H groups in total. The van der Waals surface area contributed by atoms with Gasteiger partial charge in [-0.3, -0.25) is 9.59 Å². The highest BCUT2D eigenvalue weighted by Crippen LogP contribution is 2.22. The van der Waals surface area contributed by atoms with Gasteiger partial charge in [0.15, 0.2) is 6.61 Å². The Hall–Kier alpha value is -2.36. The van der Waals surface area contributed by atoms with Crippen molar-refractivity contribution in [2.45, 2.75) is 13.8 Å². The Morgan fingerprint density at radius 2 is 1.80 bits per heavy atom. The number of fused-ring (bicyclic) bond motifs is 1. The molecule has 0 radical (unpaired) electrons. The summed E-state index contributed by atoms with van der Waals surface area (Å²) >= 11 is 0. The molecule has 0 aliphatic heterocycles. The largest absolute Gasteiger partial charge is 0.455 e. The Morgan fingerprint density at radius 3 is 2.55 bits per heavy atom. The Balaban J connectivity index is 2.05. The van der Waals surface area contributed by atoms with Crippen molar-refractivity contribution in [2.75, 3.05) is 11.9 Å². The highest BCUT2D eigenvalue weighted by molar-refractivity contribution is 6.02. The van der Waals surface area contributed by atoms with Gasteiger partial charge in [0.05, 0.1) is 5.92 Å². The summed E-state index contributed by atoms with van der Waals surface area (Å²) < 4.78 is 4.90. The van der Waals surface area contributed by atoms with Crippen LogP contribution in [0.15, 0.2) is 42.5 Å². The van der Waals surface area contributed by atoms with Crippen LogP contribution in [0.5, 0.6) is 0 Å². The van der Waals surface area contributed by atoms with E-state index in [-0.39, 0.29) is 24.4 Å². The van der Waals surface area contributed by atoms with Gasteiger partial charge in [0, 0.05) is 11.1 Å². The zero-order valence-electron chi connectivity index (χ0n) is 11.6. The van der Waals surface area contributed by atoms with Crippen molar-refractivity contribution in [3.8, 4) is 0 Å². The number of amides is 1. The van der Waals surface area contributed by atoms with E-state index in [0.717, 1.165) is 10.8 Å². The van der Waals surface area contributed by atoms with Crippen LogP contribution in [-0.2, 0) is 14.3 Å². The number of hydrogen-bond donors (Lipinski definition) is 1. The molecule has 0 saturated heterocycles. The van der Waals surface area contributed by atoms with Crippen molar-refractivity contribution in [1.29, 1.82) is 0 Å². The summed E-state index contributed by atoms with van der Waals surface area (Å²) in [7, 11) is 0. The molecule has 2 aromatic rings. The highest BCUT2D eigenvalue weighted by Gasteiger charge is 2.11. The van der Waals surface area contributed by atoms with Crippen molar-refractivity contribution < 1.29 is 14.3 Å². The maximum atomic E-state index is 11.8. The van der Waals surface area contributed by atoms with E-state index in [0.29, 0.717) is 5.69 Å². The van der Waals surface area contributed by atoms with Crippen molar-refractivity contribution in [1.82, 2.24) is 0 Å². The van der Waals surface area contributed by atoms with Gasteiger partial charge in [0.2, 0.25) is 0 Å². The van der Waals surface area contributed by atoms with Crippen molar-refractivity contribution in [3.05, 3.63) is 42.5 Å². The Labute approximate surface area is 117 Å². The maximum Gasteiger partial charge on any atom is 0.308 e. The van der Waals surface area contributed by atoms with E-state index in [1.807, 2.05) is 42.5 Å². The molecular weight excluding hydrogens is 254 g/mol. The number of rotatable bonds is 4. The third kappa shape index (κ3) is 3.35. The maximum absolute atomic E-state index is 11.8. The molecule has 0 bridgehead atoms. The van der Waals surface area contributed by atoms with E-state index in [4.69, 9.17) is 4.74 Å². The zero-order valence-corrected chi connectivity index (χ0v) is 11.6. The molecular formula is C16H17NO3. The third-order valence-electron chi connectivity index (χ3n) is 2.88. The number of carbonyl (C=O) groups is 2. The van der Waals surface area contributed by atoms with Gasteiger partial charge in [-0.2, -0.15) is 0 Å². The number of benzene rings is 2. The molecule has 20 heavy (non-hydrogen) atoms. The molecule has 0 saturated carbocycles. The second-order valence-corrected chi connectivity index (χ2v) is 4.84. The second kappa shape index (κ2) is 6.19. The first-order valence-corrected chi connectivity index (χ1v) is 6.52. The minimum atomic E-state index is -0.377. The molecule has 0 atom stereocenters. The number of esters is 1. The van der Waals surface area contributed by atoms with E-state index < -0.39 is 0 Å². The molecule has 2 rings (SSSR count). The Bertz CT molecular complexity index is 629. The molecule has 2 aromatic carbocycles. The molecule has 4 heteroatoms. The average molecular weight is 271 g/mol. The lowest BCUT2D eigenvalue weighted by molar-refractivity contribution is -0.150. The molecule has 0 fully saturated rings. The first-order valence-electron chi connectivity index (χ1n) is 6.52. The van der Waals surface area contributed by atoms with Crippen molar-refractivity contribution >= 4 is 28.3 Å². The monoisotopic (exact) mass is 271 g/mol. The van der Waals surface area contributed by atoms with Crippen LogP contribution in [0.2, 0.25) is 0 Å². The van der Waals surface area contributed by atoms with Gasteiger partial charge in [-0.25, -0.2) is 0 Å². The molecule has 1 amide bonds. The predicted octanol–water partition coefficient (Wildman–Crippen LogP) is 2.98. The minimum Gasteiger partial charge on any atom is -0.455 e. The fraction of sp³-hybridized carbons (Fsp3) is 0.250. The molecule has 0 aromatic heterocycles. The summed E-state index contributed by atoms with van der Waals surface area (Å²) in [4.78, 5) is 23.1. The topological polar surface area (TPSA) is 55.4 Å². The number of nitrogens with one attached hydrogen (secondary N) is 1. The van der Waals surface area contributed by atoms with Gasteiger partial charge in [0.1, 0.15) is 0 Å². The van der Waals surface area contributed by atoms with Crippen LogP contribution in [0.3, 0.4) is 0 Å². The lowest BCUT2D eigenvalue weighted by Gasteiger charge is -2.10. The van der Waals surface area contributed by atoms with Gasteiger partial charge in [0.25, 0.3) is 5.91 Å². The minimum absolute atomic E-state index is 0.236. The van der Waals surface area contributed by atoms with Crippen LogP contribution >= 0.6 is 0 Å². The standard InChI is InChI=1S/C16H17NO3/c1-11(2)16(19)20-10-15(18)17-14-9-5-7-12-6-3-4-8-13(12)14/h3-9,11H,10H2,1-2H3,(H,17,18). The summed E-state index contributed by atoms with van der Waals surface area (Å²) in [5.74, 6) is -0.950. The van der Waals surface area contributed by atoms with Crippen LogP contribution < -0.4 is 5.32 Å². The molecule has 0 spiro atoms. The SMILES string of the molecule is CC(C)C(=O)OCC(=O)Nc1cccc2ccccc12. The molecule has 104 valence electrons. The van der Waals surface area contributed by atoms with E-state index in [1.165, 1.54) is 0 Å². The molecule has 0 aliphatic rings. The first-order chi connectivity index (χ1) is 9.58. The highest BCUT2D eigenvalue weighted by atomic mass is 16.5. The Kier molecular flexibility index (Phi) is 4.35. The lowest BCUT2D eigenvalue weighted by atomic mass is 10.1. The predicted molar refractivity (Wildman–Crippen MR) is 78.4 cm³/mol. The fourth-order valence-corrected chi connectivity index (χ4v) is 1.82. The summed E-state index contributed by atoms with van der Waals surface area (Å²) in [5, 5.41) is 4.77. The quantitative estimate of drug-likeness (QED) is 0.870. The van der Waals surface area contributed by atoms with Crippen LogP contribution in [0, 0.1) is 5.92 Å². The third-order valence-corrected chi connectivity index (χ3v) is 2.88. The smallest absolute Gasteiger partial charge is 0.308 e. The number of anilines is 1.